The van der Waals surface area contributed by atoms with Gasteiger partial charge in [-0.15, -0.1) is 11.3 Å². The van der Waals surface area contributed by atoms with E-state index in [1.165, 1.54) is 11.3 Å². The standard InChI is InChI=1S/C8H11ClN2OS/c1-3-6(2)11-12-5-7-4-10-8(9)13-7/h4H,3,5H2,1-2H3/b11-6+. The average Bonchev–Trinajstić information content (AvgIpc) is 2.51. The molecule has 5 heteroatoms. The summed E-state index contributed by atoms with van der Waals surface area (Å²) in [6, 6.07) is 0. The van der Waals surface area contributed by atoms with Crippen LogP contribution in [0.25, 0.3) is 0 Å². The van der Waals surface area contributed by atoms with Crippen LogP contribution in [-0.4, -0.2) is 10.7 Å². The maximum Gasteiger partial charge on any atom is 0.183 e. The monoisotopic (exact) mass is 218 g/mol. The molecule has 0 spiro atoms. The van der Waals surface area contributed by atoms with E-state index in [0.717, 1.165) is 17.0 Å². The van der Waals surface area contributed by atoms with E-state index in [9.17, 15) is 0 Å². The van der Waals surface area contributed by atoms with Gasteiger partial charge in [-0.25, -0.2) is 4.98 Å². The van der Waals surface area contributed by atoms with Crippen molar-refractivity contribution >= 4 is 28.6 Å². The molecule has 0 aromatic carbocycles. The number of thiazole rings is 1. The number of rotatable bonds is 4. The molecule has 0 bridgehead atoms. The van der Waals surface area contributed by atoms with Gasteiger partial charge in [0.2, 0.25) is 0 Å². The van der Waals surface area contributed by atoms with E-state index in [1.807, 2.05) is 13.8 Å². The number of hydrogen-bond acceptors (Lipinski definition) is 4. The lowest BCUT2D eigenvalue weighted by Gasteiger charge is -1.96. The molecule has 0 fully saturated rings. The van der Waals surface area contributed by atoms with E-state index in [2.05, 4.69) is 10.1 Å². The minimum absolute atomic E-state index is 0.446. The van der Waals surface area contributed by atoms with Gasteiger partial charge in [0.05, 0.1) is 10.6 Å². The molecule has 0 radical (unpaired) electrons. The Morgan fingerprint density at radius 3 is 3.08 bits per heavy atom. The Kier molecular flexibility index (Phi) is 4.18. The lowest BCUT2D eigenvalue weighted by atomic mass is 10.3. The highest BCUT2D eigenvalue weighted by Crippen LogP contribution is 2.18. The van der Waals surface area contributed by atoms with Crippen molar-refractivity contribution < 1.29 is 4.84 Å². The van der Waals surface area contributed by atoms with Gasteiger partial charge in [0.15, 0.2) is 11.1 Å². The smallest absolute Gasteiger partial charge is 0.183 e. The molecule has 0 atom stereocenters. The summed E-state index contributed by atoms with van der Waals surface area (Å²) in [4.78, 5) is 9.96. The fourth-order valence-electron chi connectivity index (χ4n) is 0.621. The van der Waals surface area contributed by atoms with E-state index >= 15 is 0 Å². The highest BCUT2D eigenvalue weighted by atomic mass is 35.5. The highest BCUT2D eigenvalue weighted by Gasteiger charge is 1.98. The van der Waals surface area contributed by atoms with Crippen molar-refractivity contribution in [2.75, 3.05) is 0 Å². The van der Waals surface area contributed by atoms with Crippen molar-refractivity contribution in [3.05, 3.63) is 15.5 Å². The highest BCUT2D eigenvalue weighted by molar-refractivity contribution is 7.15. The van der Waals surface area contributed by atoms with Gasteiger partial charge in [0.1, 0.15) is 0 Å². The quantitative estimate of drug-likeness (QED) is 0.575. The largest absolute Gasteiger partial charge is 0.390 e. The number of hydrogen-bond donors (Lipinski definition) is 0. The summed E-state index contributed by atoms with van der Waals surface area (Å²) in [5, 5.41) is 3.90. The van der Waals surface area contributed by atoms with Crippen LogP contribution in [0, 0.1) is 0 Å². The molecule has 1 heterocycles. The second-order valence-corrected chi connectivity index (χ2v) is 4.23. The van der Waals surface area contributed by atoms with E-state index < -0.39 is 0 Å². The lowest BCUT2D eigenvalue weighted by molar-refractivity contribution is 0.132. The summed E-state index contributed by atoms with van der Waals surface area (Å²) >= 11 is 7.05. The molecule has 0 aliphatic rings. The van der Waals surface area contributed by atoms with Gasteiger partial charge >= 0.3 is 0 Å². The zero-order valence-electron chi connectivity index (χ0n) is 7.58. The molecule has 1 rings (SSSR count). The second-order valence-electron chi connectivity index (χ2n) is 2.53. The molecule has 0 amide bonds. The van der Waals surface area contributed by atoms with Gasteiger partial charge in [0.25, 0.3) is 0 Å². The molecule has 1 aromatic heterocycles. The molecule has 13 heavy (non-hydrogen) atoms. The molecular formula is C8H11ClN2OS. The van der Waals surface area contributed by atoms with Crippen molar-refractivity contribution in [3.8, 4) is 0 Å². The van der Waals surface area contributed by atoms with E-state index in [-0.39, 0.29) is 0 Å². The zero-order valence-corrected chi connectivity index (χ0v) is 9.15. The fourth-order valence-corrected chi connectivity index (χ4v) is 1.51. The molecular weight excluding hydrogens is 208 g/mol. The van der Waals surface area contributed by atoms with E-state index in [0.29, 0.717) is 11.1 Å². The van der Waals surface area contributed by atoms with Gasteiger partial charge in [-0.1, -0.05) is 23.7 Å². The first kappa shape index (κ1) is 10.5. The van der Waals surface area contributed by atoms with Gasteiger partial charge in [0, 0.05) is 6.20 Å². The number of halogens is 1. The summed E-state index contributed by atoms with van der Waals surface area (Å²) in [5.41, 5.74) is 0.982. The van der Waals surface area contributed by atoms with Crippen LogP contribution in [0.3, 0.4) is 0 Å². The molecule has 3 nitrogen and oxygen atoms in total. The number of nitrogens with zero attached hydrogens (tertiary/aromatic N) is 2. The fraction of sp³-hybridized carbons (Fsp3) is 0.500. The van der Waals surface area contributed by atoms with Crippen LogP contribution in [0.5, 0.6) is 0 Å². The van der Waals surface area contributed by atoms with Crippen molar-refractivity contribution in [1.82, 2.24) is 4.98 Å². The Morgan fingerprint density at radius 2 is 2.54 bits per heavy atom. The molecule has 0 saturated carbocycles. The molecule has 0 aliphatic carbocycles. The summed E-state index contributed by atoms with van der Waals surface area (Å²) in [6.07, 6.45) is 2.60. The molecule has 0 unspecified atom stereocenters. The van der Waals surface area contributed by atoms with E-state index in [1.54, 1.807) is 6.20 Å². The van der Waals surface area contributed by atoms with Crippen molar-refractivity contribution in [2.45, 2.75) is 26.9 Å². The summed E-state index contributed by atoms with van der Waals surface area (Å²) < 4.78 is 0.537. The zero-order chi connectivity index (χ0) is 9.68. The molecule has 1 aromatic rings. The summed E-state index contributed by atoms with van der Waals surface area (Å²) in [6.45, 7) is 4.41. The number of aromatic nitrogens is 1. The Hall–Kier alpha value is -0.610. The van der Waals surface area contributed by atoms with E-state index in [4.69, 9.17) is 16.4 Å². The Morgan fingerprint density at radius 1 is 1.77 bits per heavy atom. The van der Waals surface area contributed by atoms with Gasteiger partial charge < -0.3 is 4.84 Å². The first-order valence-electron chi connectivity index (χ1n) is 3.98. The minimum atomic E-state index is 0.446. The SMILES string of the molecule is CC/C(C)=N/OCc1cnc(Cl)s1. The second kappa shape index (κ2) is 5.19. The third kappa shape index (κ3) is 3.74. The van der Waals surface area contributed by atoms with Gasteiger partial charge in [-0.2, -0.15) is 0 Å². The third-order valence-electron chi connectivity index (χ3n) is 1.46. The first-order chi connectivity index (χ1) is 6.22. The van der Waals surface area contributed by atoms with Crippen molar-refractivity contribution in [3.63, 3.8) is 0 Å². The van der Waals surface area contributed by atoms with Crippen LogP contribution < -0.4 is 0 Å². The summed E-state index contributed by atoms with van der Waals surface area (Å²) in [5.74, 6) is 0. The Balaban J connectivity index is 2.35. The predicted octanol–water partition coefficient (Wildman–Crippen LogP) is 3.10. The molecule has 0 saturated heterocycles. The van der Waals surface area contributed by atoms with Crippen LogP contribution in [0.1, 0.15) is 25.1 Å². The van der Waals surface area contributed by atoms with Crippen LogP contribution in [0.2, 0.25) is 4.47 Å². The lowest BCUT2D eigenvalue weighted by Crippen LogP contribution is -1.90. The van der Waals surface area contributed by atoms with Crippen LogP contribution in [0.15, 0.2) is 11.4 Å². The normalized spacial score (nSPS) is 11.8. The summed E-state index contributed by atoms with van der Waals surface area (Å²) in [7, 11) is 0. The first-order valence-corrected chi connectivity index (χ1v) is 5.17. The van der Waals surface area contributed by atoms with Crippen molar-refractivity contribution in [2.24, 2.45) is 5.16 Å². The minimum Gasteiger partial charge on any atom is -0.390 e. The molecule has 0 aliphatic heterocycles. The van der Waals surface area contributed by atoms with Crippen molar-refractivity contribution in [1.29, 1.82) is 0 Å². The average molecular weight is 219 g/mol. The Labute approximate surface area is 86.4 Å². The van der Waals surface area contributed by atoms with Gasteiger partial charge in [-0.3, -0.25) is 0 Å². The van der Waals surface area contributed by atoms with Crippen LogP contribution in [0.4, 0.5) is 0 Å². The van der Waals surface area contributed by atoms with Crippen LogP contribution in [-0.2, 0) is 11.4 Å². The van der Waals surface area contributed by atoms with Crippen LogP contribution >= 0.6 is 22.9 Å². The molecule has 72 valence electrons. The predicted molar refractivity (Wildman–Crippen MR) is 55.3 cm³/mol. The number of oxime groups is 1. The topological polar surface area (TPSA) is 34.5 Å². The maximum atomic E-state index is 5.65. The Bertz CT molecular complexity index is 298. The molecule has 0 N–H and O–H groups in total. The van der Waals surface area contributed by atoms with Gasteiger partial charge in [-0.05, 0) is 13.3 Å². The third-order valence-corrected chi connectivity index (χ3v) is 2.55. The maximum absolute atomic E-state index is 5.65.